The van der Waals surface area contributed by atoms with E-state index in [1.807, 2.05) is 32.9 Å². The molecule has 0 saturated carbocycles. The minimum absolute atomic E-state index is 0.214. The Labute approximate surface area is 127 Å². The molecule has 2 aromatic rings. The monoisotopic (exact) mass is 303 g/mol. The van der Waals surface area contributed by atoms with E-state index >= 15 is 0 Å². The second-order valence-electron chi connectivity index (χ2n) is 4.88. The van der Waals surface area contributed by atoms with Gasteiger partial charge in [0.2, 0.25) is 0 Å². The first-order valence-corrected chi connectivity index (χ1v) is 7.37. The minimum Gasteiger partial charge on any atom is -0.465 e. The predicted molar refractivity (Wildman–Crippen MR) is 84.3 cm³/mol. The third kappa shape index (κ3) is 3.13. The van der Waals surface area contributed by atoms with Crippen LogP contribution in [0.2, 0.25) is 0 Å². The molecule has 0 unspecified atom stereocenters. The largest absolute Gasteiger partial charge is 0.465 e. The second kappa shape index (κ2) is 6.10. The third-order valence-electron chi connectivity index (χ3n) is 3.19. The lowest BCUT2D eigenvalue weighted by Gasteiger charge is -2.11. The van der Waals surface area contributed by atoms with E-state index in [9.17, 15) is 9.59 Å². The molecule has 1 N–H and O–H groups in total. The van der Waals surface area contributed by atoms with Crippen LogP contribution in [-0.4, -0.2) is 19.0 Å². The zero-order valence-electron chi connectivity index (χ0n) is 12.4. The van der Waals surface area contributed by atoms with Gasteiger partial charge in [0.25, 0.3) is 5.91 Å². The topological polar surface area (TPSA) is 55.4 Å². The van der Waals surface area contributed by atoms with E-state index < -0.39 is 5.97 Å². The molecule has 0 atom stereocenters. The van der Waals surface area contributed by atoms with Crippen LogP contribution in [-0.2, 0) is 4.74 Å². The van der Waals surface area contributed by atoms with Crippen LogP contribution in [0.25, 0.3) is 0 Å². The van der Waals surface area contributed by atoms with E-state index in [1.165, 1.54) is 18.4 Å². The van der Waals surface area contributed by atoms with Gasteiger partial charge < -0.3 is 10.1 Å². The van der Waals surface area contributed by atoms with Gasteiger partial charge in [-0.3, -0.25) is 4.79 Å². The van der Waals surface area contributed by atoms with Crippen molar-refractivity contribution in [2.75, 3.05) is 12.4 Å². The zero-order valence-corrected chi connectivity index (χ0v) is 13.3. The lowest BCUT2D eigenvalue weighted by Crippen LogP contribution is -2.16. The molecule has 0 bridgehead atoms. The number of nitrogens with one attached hydrogen (secondary N) is 1. The van der Waals surface area contributed by atoms with Gasteiger partial charge in [-0.2, -0.15) is 0 Å². The van der Waals surface area contributed by atoms with E-state index in [1.54, 1.807) is 11.4 Å². The number of amides is 1. The normalized spacial score (nSPS) is 10.3. The molecule has 5 heteroatoms. The Morgan fingerprint density at radius 3 is 2.33 bits per heavy atom. The van der Waals surface area contributed by atoms with Crippen LogP contribution in [0.4, 0.5) is 5.69 Å². The molecule has 0 aliphatic rings. The summed E-state index contributed by atoms with van der Waals surface area (Å²) in [5.74, 6) is -0.661. The molecule has 1 aromatic carbocycles. The van der Waals surface area contributed by atoms with Gasteiger partial charge in [-0.15, -0.1) is 11.3 Å². The van der Waals surface area contributed by atoms with Gasteiger partial charge >= 0.3 is 5.97 Å². The number of carbonyl (C=O) groups is 2. The zero-order chi connectivity index (χ0) is 15.6. The van der Waals surface area contributed by atoms with Crippen molar-refractivity contribution >= 4 is 28.9 Å². The molecular weight excluding hydrogens is 286 g/mol. The molecule has 4 nitrogen and oxygen atoms in total. The van der Waals surface area contributed by atoms with Gasteiger partial charge in [-0.25, -0.2) is 4.79 Å². The van der Waals surface area contributed by atoms with Gasteiger partial charge in [-0.1, -0.05) is 17.7 Å². The SMILES string of the molecule is COC(=O)c1sccc1NC(=O)c1c(C)cc(C)cc1C. The van der Waals surface area contributed by atoms with Gasteiger partial charge in [0.1, 0.15) is 4.88 Å². The molecule has 0 spiro atoms. The molecule has 1 aromatic heterocycles. The highest BCUT2D eigenvalue weighted by Gasteiger charge is 2.18. The van der Waals surface area contributed by atoms with Crippen LogP contribution in [0, 0.1) is 20.8 Å². The molecular formula is C16H17NO3S. The molecule has 0 aliphatic carbocycles. The number of esters is 1. The first-order chi connectivity index (χ1) is 9.93. The summed E-state index contributed by atoms with van der Waals surface area (Å²) in [6, 6.07) is 5.64. The van der Waals surface area contributed by atoms with Crippen molar-refractivity contribution in [2.24, 2.45) is 0 Å². The van der Waals surface area contributed by atoms with Crippen molar-refractivity contribution in [1.29, 1.82) is 0 Å². The lowest BCUT2D eigenvalue weighted by molar-refractivity contribution is 0.0607. The van der Waals surface area contributed by atoms with Crippen molar-refractivity contribution in [2.45, 2.75) is 20.8 Å². The molecule has 110 valence electrons. The van der Waals surface area contributed by atoms with Gasteiger partial charge in [0.05, 0.1) is 12.8 Å². The summed E-state index contributed by atoms with van der Waals surface area (Å²) in [7, 11) is 1.32. The van der Waals surface area contributed by atoms with Crippen molar-refractivity contribution < 1.29 is 14.3 Å². The average molecular weight is 303 g/mol. The van der Waals surface area contributed by atoms with Gasteiger partial charge in [0.15, 0.2) is 0 Å². The highest BCUT2D eigenvalue weighted by atomic mass is 32.1. The van der Waals surface area contributed by atoms with Crippen LogP contribution in [0.15, 0.2) is 23.6 Å². The van der Waals surface area contributed by atoms with Crippen molar-refractivity contribution in [1.82, 2.24) is 0 Å². The maximum atomic E-state index is 12.5. The Hall–Kier alpha value is -2.14. The van der Waals surface area contributed by atoms with E-state index in [-0.39, 0.29) is 5.91 Å². The summed E-state index contributed by atoms with van der Waals surface area (Å²) in [5, 5.41) is 4.54. The molecule has 0 saturated heterocycles. The van der Waals surface area contributed by atoms with Crippen LogP contribution >= 0.6 is 11.3 Å². The molecule has 1 amide bonds. The van der Waals surface area contributed by atoms with Gasteiger partial charge in [0, 0.05) is 5.56 Å². The Balaban J connectivity index is 2.31. The number of hydrogen-bond donors (Lipinski definition) is 1. The summed E-state index contributed by atoms with van der Waals surface area (Å²) >= 11 is 1.24. The maximum Gasteiger partial charge on any atom is 0.350 e. The number of aryl methyl sites for hydroxylation is 3. The standard InChI is InChI=1S/C16H17NO3S/c1-9-7-10(2)13(11(3)8-9)15(18)17-12-5-6-21-14(12)16(19)20-4/h5-8H,1-4H3,(H,17,18). The van der Waals surface area contributed by atoms with Crippen LogP contribution in [0.1, 0.15) is 36.7 Å². The number of anilines is 1. The van der Waals surface area contributed by atoms with E-state index in [0.717, 1.165) is 16.7 Å². The third-order valence-corrected chi connectivity index (χ3v) is 4.08. The number of thiophene rings is 1. The number of carbonyl (C=O) groups excluding carboxylic acids is 2. The highest BCUT2D eigenvalue weighted by molar-refractivity contribution is 7.12. The number of methoxy groups -OCH3 is 1. The van der Waals surface area contributed by atoms with Crippen LogP contribution < -0.4 is 5.32 Å². The first kappa shape index (κ1) is 15.3. The van der Waals surface area contributed by atoms with E-state index in [4.69, 9.17) is 4.74 Å². The highest BCUT2D eigenvalue weighted by Crippen LogP contribution is 2.25. The van der Waals surface area contributed by atoms with Crippen LogP contribution in [0.3, 0.4) is 0 Å². The molecule has 0 aliphatic heterocycles. The predicted octanol–water partition coefficient (Wildman–Crippen LogP) is 3.71. The molecule has 2 rings (SSSR count). The van der Waals surface area contributed by atoms with Gasteiger partial charge in [-0.05, 0) is 43.3 Å². The minimum atomic E-state index is -0.447. The Morgan fingerprint density at radius 2 is 1.76 bits per heavy atom. The van der Waals surface area contributed by atoms with E-state index in [0.29, 0.717) is 16.1 Å². The lowest BCUT2D eigenvalue weighted by atomic mass is 9.99. The maximum absolute atomic E-state index is 12.5. The molecule has 21 heavy (non-hydrogen) atoms. The summed E-state index contributed by atoms with van der Waals surface area (Å²) in [6.07, 6.45) is 0. The molecule has 0 fully saturated rings. The fourth-order valence-electron chi connectivity index (χ4n) is 2.38. The number of benzene rings is 1. The fraction of sp³-hybridized carbons (Fsp3) is 0.250. The Kier molecular flexibility index (Phi) is 4.43. The van der Waals surface area contributed by atoms with E-state index in [2.05, 4.69) is 5.32 Å². The van der Waals surface area contributed by atoms with Crippen molar-refractivity contribution in [3.05, 3.63) is 50.7 Å². The number of ether oxygens (including phenoxy) is 1. The number of hydrogen-bond acceptors (Lipinski definition) is 4. The smallest absolute Gasteiger partial charge is 0.350 e. The Morgan fingerprint density at radius 1 is 1.14 bits per heavy atom. The average Bonchev–Trinajstić information content (AvgIpc) is 2.84. The fourth-order valence-corrected chi connectivity index (χ4v) is 3.15. The number of rotatable bonds is 3. The quantitative estimate of drug-likeness (QED) is 0.879. The summed E-state index contributed by atoms with van der Waals surface area (Å²) in [6.45, 7) is 5.81. The summed E-state index contributed by atoms with van der Waals surface area (Å²) in [4.78, 5) is 24.5. The second-order valence-corrected chi connectivity index (χ2v) is 5.80. The van der Waals surface area contributed by atoms with Crippen molar-refractivity contribution in [3.63, 3.8) is 0 Å². The van der Waals surface area contributed by atoms with Crippen molar-refractivity contribution in [3.8, 4) is 0 Å². The summed E-state index contributed by atoms with van der Waals surface area (Å²) < 4.78 is 4.71. The first-order valence-electron chi connectivity index (χ1n) is 6.49. The van der Waals surface area contributed by atoms with Crippen LogP contribution in [0.5, 0.6) is 0 Å². The molecule has 0 radical (unpaired) electrons. The summed E-state index contributed by atoms with van der Waals surface area (Å²) in [5.41, 5.74) is 4.07. The molecule has 1 heterocycles. The Bertz CT molecular complexity index is 680.